The lowest BCUT2D eigenvalue weighted by Crippen LogP contribution is -2.00. The van der Waals surface area contributed by atoms with E-state index in [2.05, 4.69) is 20.3 Å². The molecule has 0 fully saturated rings. The number of nitrogens with zero attached hydrogens (tertiary/aromatic N) is 5. The Labute approximate surface area is 176 Å². The molecule has 0 saturated heterocycles. The maximum Gasteiger partial charge on any atom is 0.221 e. The third kappa shape index (κ3) is 3.38. The zero-order valence-corrected chi connectivity index (χ0v) is 16.4. The summed E-state index contributed by atoms with van der Waals surface area (Å²) in [6.45, 7) is 1.51. The number of fused-ring (bicyclic) bond motifs is 1. The van der Waals surface area contributed by atoms with Gasteiger partial charge in [-0.3, -0.25) is 9.36 Å². The lowest BCUT2D eigenvalue weighted by Gasteiger charge is -2.09. The molecule has 0 aliphatic carbocycles. The number of anilines is 1. The molecular weight excluding hydrogens is 396 g/mol. The molecular formula is C22H16N6O3. The largest absolute Gasteiger partial charge is 0.439 e. The van der Waals surface area contributed by atoms with E-state index in [4.69, 9.17) is 15.1 Å². The Bertz CT molecular complexity index is 1410. The predicted molar refractivity (Wildman–Crippen MR) is 113 cm³/mol. The topological polar surface area (TPSA) is 122 Å². The summed E-state index contributed by atoms with van der Waals surface area (Å²) in [5, 5.41) is 7.57. The number of ketones is 1. The first-order chi connectivity index (χ1) is 15.1. The number of para-hydroxylation sites is 1. The molecule has 9 nitrogen and oxygen atoms in total. The molecule has 5 aromatic rings. The van der Waals surface area contributed by atoms with E-state index in [1.807, 2.05) is 34.9 Å². The Balaban J connectivity index is 1.65. The second-order valence-electron chi connectivity index (χ2n) is 6.80. The summed E-state index contributed by atoms with van der Waals surface area (Å²) in [5.74, 6) is 1.42. The van der Waals surface area contributed by atoms with Gasteiger partial charge in [0.2, 0.25) is 5.88 Å². The van der Waals surface area contributed by atoms with Gasteiger partial charge in [-0.1, -0.05) is 30.3 Å². The Morgan fingerprint density at radius 3 is 2.65 bits per heavy atom. The number of nitrogen functional groups attached to an aromatic ring is 1. The highest BCUT2D eigenvalue weighted by molar-refractivity contribution is 5.94. The number of carbonyl (C=O) groups excluding carboxylic acids is 1. The van der Waals surface area contributed by atoms with Crippen molar-refractivity contribution in [3.63, 3.8) is 0 Å². The molecule has 0 unspecified atom stereocenters. The molecule has 0 bridgehead atoms. The molecule has 0 amide bonds. The number of nitrogens with two attached hydrogens (primary N) is 1. The summed E-state index contributed by atoms with van der Waals surface area (Å²) >= 11 is 0. The second kappa shape index (κ2) is 7.38. The molecule has 0 radical (unpaired) electrons. The zero-order chi connectivity index (χ0) is 21.4. The fraction of sp³-hybridized carbons (Fsp3) is 0.0455. The van der Waals surface area contributed by atoms with Gasteiger partial charge in [0.15, 0.2) is 23.1 Å². The van der Waals surface area contributed by atoms with Gasteiger partial charge in [-0.25, -0.2) is 14.6 Å². The van der Waals surface area contributed by atoms with Crippen LogP contribution in [0.4, 0.5) is 5.82 Å². The monoisotopic (exact) mass is 412 g/mol. The van der Waals surface area contributed by atoms with Crippen molar-refractivity contribution in [3.8, 4) is 28.8 Å². The summed E-state index contributed by atoms with van der Waals surface area (Å²) in [6, 6.07) is 18.3. The second-order valence-corrected chi connectivity index (χ2v) is 6.80. The number of carbonyl (C=O) groups is 1. The van der Waals surface area contributed by atoms with E-state index in [-0.39, 0.29) is 11.6 Å². The van der Waals surface area contributed by atoms with Crippen molar-refractivity contribution in [2.24, 2.45) is 0 Å². The lowest BCUT2D eigenvalue weighted by atomic mass is 10.1. The van der Waals surface area contributed by atoms with Crippen LogP contribution in [0.1, 0.15) is 17.3 Å². The summed E-state index contributed by atoms with van der Waals surface area (Å²) in [7, 11) is 0. The Morgan fingerprint density at radius 2 is 1.90 bits per heavy atom. The summed E-state index contributed by atoms with van der Waals surface area (Å²) in [4.78, 5) is 20.6. The molecule has 0 saturated carbocycles. The van der Waals surface area contributed by atoms with Crippen LogP contribution in [0.25, 0.3) is 28.2 Å². The molecule has 2 N–H and O–H groups in total. The zero-order valence-electron chi connectivity index (χ0n) is 16.4. The molecule has 3 heterocycles. The third-order valence-corrected chi connectivity index (χ3v) is 4.72. The van der Waals surface area contributed by atoms with Crippen LogP contribution in [-0.2, 0) is 0 Å². The molecule has 5 rings (SSSR count). The Hall–Kier alpha value is -4.53. The van der Waals surface area contributed by atoms with E-state index in [1.54, 1.807) is 36.5 Å². The average Bonchev–Trinajstić information content (AvgIpc) is 3.37. The number of benzene rings is 2. The van der Waals surface area contributed by atoms with Crippen LogP contribution < -0.4 is 10.5 Å². The Kier molecular flexibility index (Phi) is 4.40. The predicted octanol–water partition coefficient (Wildman–Crippen LogP) is 4.05. The molecule has 0 aliphatic heterocycles. The Morgan fingerprint density at radius 1 is 1.06 bits per heavy atom. The van der Waals surface area contributed by atoms with Gasteiger partial charge >= 0.3 is 0 Å². The van der Waals surface area contributed by atoms with Crippen LogP contribution in [0, 0.1) is 0 Å². The first-order valence-corrected chi connectivity index (χ1v) is 9.41. The van der Waals surface area contributed by atoms with Crippen LogP contribution in [0.2, 0.25) is 0 Å². The van der Waals surface area contributed by atoms with Gasteiger partial charge in [0.25, 0.3) is 0 Å². The number of hydrogen-bond acceptors (Lipinski definition) is 8. The van der Waals surface area contributed by atoms with Crippen molar-refractivity contribution < 1.29 is 14.2 Å². The maximum absolute atomic E-state index is 11.7. The smallest absolute Gasteiger partial charge is 0.221 e. The highest BCUT2D eigenvalue weighted by Gasteiger charge is 2.21. The van der Waals surface area contributed by atoms with E-state index >= 15 is 0 Å². The van der Waals surface area contributed by atoms with Crippen molar-refractivity contribution in [1.82, 2.24) is 24.8 Å². The van der Waals surface area contributed by atoms with E-state index in [9.17, 15) is 4.79 Å². The molecule has 0 aliphatic rings. The number of hydrogen-bond donors (Lipinski definition) is 1. The van der Waals surface area contributed by atoms with Crippen molar-refractivity contribution in [1.29, 1.82) is 0 Å². The van der Waals surface area contributed by atoms with Crippen LogP contribution >= 0.6 is 0 Å². The van der Waals surface area contributed by atoms with Gasteiger partial charge < -0.3 is 10.5 Å². The number of ether oxygens (including phenoxy) is 1. The number of pyridine rings is 1. The van der Waals surface area contributed by atoms with Crippen LogP contribution in [-0.4, -0.2) is 30.6 Å². The highest BCUT2D eigenvalue weighted by atomic mass is 16.6. The number of imidazole rings is 1. The summed E-state index contributed by atoms with van der Waals surface area (Å²) in [5.41, 5.74) is 9.01. The fourth-order valence-corrected chi connectivity index (χ4v) is 3.27. The fourth-order valence-electron chi connectivity index (χ4n) is 3.27. The number of rotatable bonds is 5. The minimum Gasteiger partial charge on any atom is -0.439 e. The molecule has 152 valence electrons. The first kappa shape index (κ1) is 18.5. The summed E-state index contributed by atoms with van der Waals surface area (Å²) < 4.78 is 12.6. The van der Waals surface area contributed by atoms with Gasteiger partial charge in [-0.15, -0.1) is 0 Å². The molecule has 3 aromatic heterocycles. The minimum atomic E-state index is -0.0422. The molecule has 0 atom stereocenters. The van der Waals surface area contributed by atoms with E-state index < -0.39 is 0 Å². The van der Waals surface area contributed by atoms with Crippen LogP contribution in [0.15, 0.2) is 71.5 Å². The molecule has 31 heavy (non-hydrogen) atoms. The van der Waals surface area contributed by atoms with E-state index in [0.717, 1.165) is 11.2 Å². The van der Waals surface area contributed by atoms with Gasteiger partial charge in [-0.05, 0) is 41.5 Å². The minimum absolute atomic E-state index is 0.0422. The van der Waals surface area contributed by atoms with Crippen molar-refractivity contribution in [3.05, 3.63) is 72.4 Å². The van der Waals surface area contributed by atoms with E-state index in [1.165, 1.54) is 6.92 Å². The normalized spacial score (nSPS) is 11.0. The highest BCUT2D eigenvalue weighted by Crippen LogP contribution is 2.32. The van der Waals surface area contributed by atoms with Crippen molar-refractivity contribution in [2.75, 3.05) is 5.73 Å². The third-order valence-electron chi connectivity index (χ3n) is 4.72. The summed E-state index contributed by atoms with van der Waals surface area (Å²) in [6.07, 6.45) is 1.60. The first-order valence-electron chi connectivity index (χ1n) is 9.41. The lowest BCUT2D eigenvalue weighted by molar-refractivity contribution is 0.101. The van der Waals surface area contributed by atoms with Crippen molar-refractivity contribution in [2.45, 2.75) is 6.92 Å². The van der Waals surface area contributed by atoms with Crippen molar-refractivity contribution >= 4 is 22.6 Å². The SMILES string of the molecule is CC(=O)c1cccc(Oc2cc3c(cn2)nc(-c2nonc2N)n3-c2ccccc2)c1. The van der Waals surface area contributed by atoms with Gasteiger partial charge in [0.05, 0.1) is 11.7 Å². The molecule has 2 aromatic carbocycles. The average molecular weight is 412 g/mol. The van der Waals surface area contributed by atoms with Crippen LogP contribution in [0.3, 0.4) is 0 Å². The maximum atomic E-state index is 11.7. The standard InChI is InChI=1S/C22H16N6O3/c1-13(29)14-6-5-9-16(10-14)30-19-11-18-17(12-24-19)25-22(20-21(23)27-31-26-20)28(18)15-7-3-2-4-8-15/h2-12H,1H3,(H2,23,27). The molecule has 9 heteroatoms. The van der Waals surface area contributed by atoms with Gasteiger partial charge in [0, 0.05) is 17.3 Å². The number of aromatic nitrogens is 5. The van der Waals surface area contributed by atoms with Crippen LogP contribution in [0.5, 0.6) is 11.6 Å². The quantitative estimate of drug-likeness (QED) is 0.429. The van der Waals surface area contributed by atoms with Gasteiger partial charge in [-0.2, -0.15) is 0 Å². The number of Topliss-reactive ketones (excluding diaryl/α,β-unsaturated/α-hetero) is 1. The molecule has 0 spiro atoms. The van der Waals surface area contributed by atoms with E-state index in [0.29, 0.717) is 34.2 Å². The van der Waals surface area contributed by atoms with Gasteiger partial charge in [0.1, 0.15) is 11.3 Å².